The second kappa shape index (κ2) is 13.7. The second-order valence-corrected chi connectivity index (χ2v) is 14.3. The molecule has 0 saturated carbocycles. The molecule has 0 atom stereocenters. The monoisotopic (exact) mass is 698 g/mol. The van der Waals surface area contributed by atoms with Gasteiger partial charge in [0.05, 0.1) is 40.1 Å². The summed E-state index contributed by atoms with van der Waals surface area (Å²) in [5, 5.41) is 10.7. The van der Waals surface area contributed by atoms with Gasteiger partial charge in [-0.25, -0.2) is 39.3 Å². The van der Waals surface area contributed by atoms with E-state index in [1.807, 2.05) is 0 Å². The SMILES string of the molecule is Cc1ccc(N=Nc2c(C)[nH]n(-c3ccc(S(=O)(=O)NCCOS(=O)(=O)O)cc3)c2=O)cc1S(=O)(=O)NCCOS(=O)(=O)O. The van der Waals surface area contributed by atoms with Crippen molar-refractivity contribution < 1.29 is 51.1 Å². The molecule has 0 radical (unpaired) electrons. The highest BCUT2D eigenvalue weighted by molar-refractivity contribution is 7.89. The first-order valence-electron chi connectivity index (χ1n) is 12.0. The van der Waals surface area contributed by atoms with E-state index >= 15 is 0 Å². The summed E-state index contributed by atoms with van der Waals surface area (Å²) in [5.74, 6) is 0. The molecule has 3 aromatic rings. The largest absolute Gasteiger partial charge is 0.397 e. The number of hydrogen-bond donors (Lipinski definition) is 5. The highest BCUT2D eigenvalue weighted by Crippen LogP contribution is 2.24. The fraction of sp³-hybridized carbons (Fsp3) is 0.286. The van der Waals surface area contributed by atoms with E-state index in [1.54, 1.807) is 0 Å². The Balaban J connectivity index is 1.77. The first kappa shape index (κ1) is 35.1. The predicted molar refractivity (Wildman–Crippen MR) is 152 cm³/mol. The van der Waals surface area contributed by atoms with Crippen molar-refractivity contribution in [3.8, 4) is 5.69 Å². The van der Waals surface area contributed by atoms with Gasteiger partial charge < -0.3 is 0 Å². The van der Waals surface area contributed by atoms with E-state index in [9.17, 15) is 38.5 Å². The van der Waals surface area contributed by atoms with Crippen LogP contribution in [0.1, 0.15) is 11.3 Å². The van der Waals surface area contributed by atoms with Gasteiger partial charge in [0.15, 0.2) is 5.69 Å². The Morgan fingerprint density at radius 3 is 1.89 bits per heavy atom. The fourth-order valence-corrected chi connectivity index (χ4v) is 6.34. The zero-order valence-corrected chi connectivity index (χ0v) is 26.0. The van der Waals surface area contributed by atoms with Crippen LogP contribution in [0.25, 0.3) is 5.69 Å². The van der Waals surface area contributed by atoms with Crippen LogP contribution < -0.4 is 15.0 Å². The number of benzene rings is 2. The van der Waals surface area contributed by atoms with E-state index in [1.165, 1.54) is 56.3 Å². The Bertz CT molecular complexity index is 2040. The number of aryl methyl sites for hydroxylation is 2. The van der Waals surface area contributed by atoms with Gasteiger partial charge >= 0.3 is 20.8 Å². The van der Waals surface area contributed by atoms with Crippen LogP contribution in [0, 0.1) is 13.8 Å². The molecule has 0 amide bonds. The summed E-state index contributed by atoms with van der Waals surface area (Å²) in [6.45, 7) is 0.809. The number of nitrogens with zero attached hydrogens (tertiary/aromatic N) is 3. The van der Waals surface area contributed by atoms with Crippen molar-refractivity contribution >= 4 is 52.2 Å². The number of hydrogen-bond acceptors (Lipinski definition) is 13. The van der Waals surface area contributed by atoms with E-state index in [4.69, 9.17) is 9.11 Å². The summed E-state index contributed by atoms with van der Waals surface area (Å²) in [6, 6.07) is 9.05. The van der Waals surface area contributed by atoms with Gasteiger partial charge in [0, 0.05) is 13.1 Å². The number of nitrogens with one attached hydrogen (secondary N) is 3. The number of sulfonamides is 2. The van der Waals surface area contributed by atoms with E-state index in [-0.39, 0.29) is 32.5 Å². The van der Waals surface area contributed by atoms with E-state index in [0.29, 0.717) is 5.56 Å². The van der Waals surface area contributed by atoms with Gasteiger partial charge in [0.1, 0.15) is 0 Å². The quantitative estimate of drug-likeness (QED) is 0.0817. The summed E-state index contributed by atoms with van der Waals surface area (Å²) in [6.07, 6.45) is 0. The molecule has 0 fully saturated rings. The molecular weight excluding hydrogens is 673 g/mol. The second-order valence-electron chi connectivity index (χ2n) is 8.66. The average Bonchev–Trinajstić information content (AvgIpc) is 3.20. The van der Waals surface area contributed by atoms with Crippen LogP contribution in [0.2, 0.25) is 0 Å². The van der Waals surface area contributed by atoms with Crippen molar-refractivity contribution in [2.24, 2.45) is 10.2 Å². The van der Waals surface area contributed by atoms with Crippen LogP contribution in [0.4, 0.5) is 11.4 Å². The van der Waals surface area contributed by atoms with Crippen LogP contribution in [0.15, 0.2) is 67.3 Å². The molecule has 0 bridgehead atoms. The lowest BCUT2D eigenvalue weighted by Gasteiger charge is -2.09. The molecular formula is C21H26N6O13S4. The highest BCUT2D eigenvalue weighted by atomic mass is 32.3. The van der Waals surface area contributed by atoms with Crippen LogP contribution in [0.5, 0.6) is 0 Å². The molecule has 0 aliphatic heterocycles. The molecule has 2 aromatic carbocycles. The zero-order valence-electron chi connectivity index (χ0n) is 22.7. The number of aromatic amines is 1. The van der Waals surface area contributed by atoms with Crippen molar-refractivity contribution in [1.29, 1.82) is 0 Å². The molecule has 0 spiro atoms. The zero-order chi connectivity index (χ0) is 32.9. The van der Waals surface area contributed by atoms with E-state index in [2.05, 4.69) is 33.1 Å². The van der Waals surface area contributed by atoms with Gasteiger partial charge in [-0.1, -0.05) is 6.07 Å². The lowest BCUT2D eigenvalue weighted by molar-refractivity contribution is 0.271. The summed E-state index contributed by atoms with van der Waals surface area (Å²) < 4.78 is 123. The van der Waals surface area contributed by atoms with Crippen LogP contribution in [-0.2, 0) is 49.2 Å². The molecule has 44 heavy (non-hydrogen) atoms. The van der Waals surface area contributed by atoms with Crippen molar-refractivity contribution in [3.63, 3.8) is 0 Å². The van der Waals surface area contributed by atoms with Crippen LogP contribution >= 0.6 is 0 Å². The summed E-state index contributed by atoms with van der Waals surface area (Å²) in [4.78, 5) is 12.6. The molecule has 5 N–H and O–H groups in total. The van der Waals surface area contributed by atoms with Gasteiger partial charge in [-0.05, 0) is 55.8 Å². The molecule has 0 aliphatic carbocycles. The Hall–Kier alpha value is -3.39. The minimum absolute atomic E-state index is 0.0563. The number of azo groups is 1. The third kappa shape index (κ3) is 9.81. The first-order valence-corrected chi connectivity index (χ1v) is 17.7. The lowest BCUT2D eigenvalue weighted by atomic mass is 10.2. The first-order chi connectivity index (χ1) is 20.3. The maximum Gasteiger partial charge on any atom is 0.397 e. The standard InChI is InChI=1S/C21H26N6O13S4/c1-14-3-4-16(13-19(14)42(31,32)23-10-12-40-44(36,37)38)24-25-20-15(2)26-27(21(20)28)17-5-7-18(8-6-17)41(29,30)22-9-11-39-43(33,34)35/h3-8,13,22-23,26H,9-12H2,1-2H3,(H,33,34,35)(H,36,37,38). The molecule has 23 heteroatoms. The molecule has 0 saturated heterocycles. The smallest absolute Gasteiger partial charge is 0.293 e. The predicted octanol–water partition coefficient (Wildman–Crippen LogP) is 0.393. The van der Waals surface area contributed by atoms with Crippen molar-refractivity contribution in [3.05, 3.63) is 64.1 Å². The third-order valence-corrected chi connectivity index (χ3v) is 9.43. The summed E-state index contributed by atoms with van der Waals surface area (Å²) >= 11 is 0. The lowest BCUT2D eigenvalue weighted by Crippen LogP contribution is -2.28. The molecule has 19 nitrogen and oxygen atoms in total. The maximum absolute atomic E-state index is 13.0. The van der Waals surface area contributed by atoms with Crippen LogP contribution in [0.3, 0.4) is 0 Å². The average molecular weight is 699 g/mol. The fourth-order valence-electron chi connectivity index (χ4n) is 3.47. The van der Waals surface area contributed by atoms with Gasteiger partial charge in [-0.2, -0.15) is 21.9 Å². The Morgan fingerprint density at radius 2 is 1.34 bits per heavy atom. The van der Waals surface area contributed by atoms with Crippen molar-refractivity contribution in [2.45, 2.75) is 23.6 Å². The van der Waals surface area contributed by atoms with Gasteiger partial charge in [-0.3, -0.25) is 19.0 Å². The Morgan fingerprint density at radius 1 is 0.795 bits per heavy atom. The Kier molecular flexibility index (Phi) is 10.9. The van der Waals surface area contributed by atoms with Crippen LogP contribution in [-0.4, -0.2) is 78.9 Å². The molecule has 0 aliphatic rings. The van der Waals surface area contributed by atoms with Gasteiger partial charge in [0.25, 0.3) is 5.56 Å². The molecule has 1 aromatic heterocycles. The summed E-state index contributed by atoms with van der Waals surface area (Å²) in [5.41, 5.74) is 0.0769. The van der Waals surface area contributed by atoms with E-state index < -0.39 is 72.7 Å². The van der Waals surface area contributed by atoms with Crippen molar-refractivity contribution in [1.82, 2.24) is 19.2 Å². The minimum Gasteiger partial charge on any atom is -0.293 e. The van der Waals surface area contributed by atoms with Gasteiger partial charge in [0.2, 0.25) is 20.0 Å². The maximum atomic E-state index is 13.0. The number of H-pyrrole nitrogens is 1. The minimum atomic E-state index is -4.74. The number of rotatable bonds is 15. The van der Waals surface area contributed by atoms with E-state index in [0.717, 1.165) is 4.68 Å². The van der Waals surface area contributed by atoms with Gasteiger partial charge in [-0.15, -0.1) is 5.11 Å². The molecule has 242 valence electrons. The highest BCUT2D eigenvalue weighted by Gasteiger charge is 2.19. The number of aromatic nitrogens is 2. The normalized spacial score (nSPS) is 13.1. The third-order valence-electron chi connectivity index (χ3n) is 5.43. The summed E-state index contributed by atoms with van der Waals surface area (Å²) in [7, 11) is -17.7. The molecule has 3 rings (SSSR count). The molecule has 0 unspecified atom stereocenters. The molecule has 1 heterocycles. The van der Waals surface area contributed by atoms with Crippen molar-refractivity contribution in [2.75, 3.05) is 26.3 Å². The Labute approximate surface area is 251 Å². The topological polar surface area (TPSA) is 282 Å².